The molecular weight excluding hydrogens is 268 g/mol. The second-order valence-corrected chi connectivity index (χ2v) is 5.81. The summed E-state index contributed by atoms with van der Waals surface area (Å²) in [5.41, 5.74) is 1.69. The van der Waals surface area contributed by atoms with E-state index in [1.165, 1.54) is 11.3 Å². The molecule has 0 aliphatic rings. The van der Waals surface area contributed by atoms with Crippen molar-refractivity contribution in [1.29, 1.82) is 0 Å². The lowest BCUT2D eigenvalue weighted by molar-refractivity contribution is 0.0991. The molecule has 18 heavy (non-hydrogen) atoms. The zero-order chi connectivity index (χ0) is 13.1. The predicted octanol–water partition coefficient (Wildman–Crippen LogP) is 4.14. The molecule has 0 bridgehead atoms. The van der Waals surface area contributed by atoms with Gasteiger partial charge in [-0.1, -0.05) is 17.7 Å². The largest absolute Gasteiger partial charge is 0.496 e. The van der Waals surface area contributed by atoms with Gasteiger partial charge in [0.1, 0.15) is 5.75 Å². The third kappa shape index (κ3) is 2.92. The summed E-state index contributed by atoms with van der Waals surface area (Å²) in [6.07, 6.45) is 0.358. The summed E-state index contributed by atoms with van der Waals surface area (Å²) in [5, 5.41) is 0. The number of aryl methyl sites for hydroxylation is 1. The number of ether oxygens (including phenoxy) is 1. The molecule has 94 valence electrons. The molecule has 0 fully saturated rings. The summed E-state index contributed by atoms with van der Waals surface area (Å²) in [7, 11) is 1.58. The molecule has 2 nitrogen and oxygen atoms in total. The summed E-state index contributed by atoms with van der Waals surface area (Å²) in [6, 6.07) is 9.28. The first-order valence-corrected chi connectivity index (χ1v) is 6.71. The van der Waals surface area contributed by atoms with Crippen molar-refractivity contribution in [2.75, 3.05) is 7.11 Å². The molecule has 1 aromatic carbocycles. The van der Waals surface area contributed by atoms with Crippen LogP contribution in [0.3, 0.4) is 0 Å². The fraction of sp³-hybridized carbons (Fsp3) is 0.214. The maximum Gasteiger partial charge on any atom is 0.171 e. The van der Waals surface area contributed by atoms with Crippen LogP contribution in [0.15, 0.2) is 30.3 Å². The van der Waals surface area contributed by atoms with Crippen LogP contribution in [-0.4, -0.2) is 12.9 Å². The normalized spacial score (nSPS) is 10.4. The third-order valence-corrected chi connectivity index (χ3v) is 3.85. The van der Waals surface area contributed by atoms with Crippen LogP contribution in [0, 0.1) is 6.92 Å². The van der Waals surface area contributed by atoms with Gasteiger partial charge >= 0.3 is 0 Å². The highest BCUT2D eigenvalue weighted by molar-refractivity contribution is 7.16. The van der Waals surface area contributed by atoms with Crippen molar-refractivity contribution in [3.8, 4) is 5.75 Å². The number of methoxy groups -OCH3 is 1. The van der Waals surface area contributed by atoms with E-state index in [-0.39, 0.29) is 5.78 Å². The maximum atomic E-state index is 12.2. The summed E-state index contributed by atoms with van der Waals surface area (Å²) in [6.45, 7) is 1.97. The second kappa shape index (κ2) is 5.55. The number of benzene rings is 1. The van der Waals surface area contributed by atoms with E-state index in [0.717, 1.165) is 10.4 Å². The van der Waals surface area contributed by atoms with Crippen molar-refractivity contribution in [1.82, 2.24) is 0 Å². The molecule has 0 aliphatic heterocycles. The summed E-state index contributed by atoms with van der Waals surface area (Å²) < 4.78 is 5.95. The highest BCUT2D eigenvalue weighted by Crippen LogP contribution is 2.25. The molecule has 0 amide bonds. The molecule has 1 aromatic heterocycles. The van der Waals surface area contributed by atoms with Crippen LogP contribution >= 0.6 is 22.9 Å². The van der Waals surface area contributed by atoms with Crippen LogP contribution in [0.5, 0.6) is 5.75 Å². The summed E-state index contributed by atoms with van der Waals surface area (Å²) in [5.74, 6) is 0.674. The first-order chi connectivity index (χ1) is 8.60. The topological polar surface area (TPSA) is 26.3 Å². The van der Waals surface area contributed by atoms with Crippen LogP contribution < -0.4 is 4.74 Å². The smallest absolute Gasteiger partial charge is 0.171 e. The van der Waals surface area contributed by atoms with E-state index in [2.05, 4.69) is 0 Å². The number of hydrogen-bond donors (Lipinski definition) is 0. The standard InChI is InChI=1S/C14H13ClO2S/c1-9-3-5-11(13(7-9)17-2)12(16)8-10-4-6-14(15)18-10/h3-7H,8H2,1-2H3. The number of rotatable bonds is 4. The van der Waals surface area contributed by atoms with Crippen LogP contribution in [0.4, 0.5) is 0 Å². The molecule has 0 radical (unpaired) electrons. The summed E-state index contributed by atoms with van der Waals surface area (Å²) in [4.78, 5) is 13.2. The van der Waals surface area contributed by atoms with E-state index in [9.17, 15) is 4.79 Å². The van der Waals surface area contributed by atoms with E-state index in [0.29, 0.717) is 22.1 Å². The Hall–Kier alpha value is -1.32. The average molecular weight is 281 g/mol. The molecule has 2 aromatic rings. The lowest BCUT2D eigenvalue weighted by Crippen LogP contribution is -2.05. The van der Waals surface area contributed by atoms with E-state index in [1.54, 1.807) is 13.2 Å². The van der Waals surface area contributed by atoms with Gasteiger partial charge in [0.2, 0.25) is 0 Å². The van der Waals surface area contributed by atoms with Crippen molar-refractivity contribution >= 4 is 28.7 Å². The highest BCUT2D eigenvalue weighted by Gasteiger charge is 2.13. The number of Topliss-reactive ketones (excluding diaryl/α,β-unsaturated/α-hetero) is 1. The van der Waals surface area contributed by atoms with Crippen LogP contribution in [0.25, 0.3) is 0 Å². The van der Waals surface area contributed by atoms with Crippen LogP contribution in [-0.2, 0) is 6.42 Å². The molecular formula is C14H13ClO2S. The first kappa shape index (κ1) is 13.1. The minimum atomic E-state index is 0.0466. The van der Waals surface area contributed by atoms with Crippen molar-refractivity contribution in [3.05, 3.63) is 50.7 Å². The molecule has 2 rings (SSSR count). The van der Waals surface area contributed by atoms with E-state index in [1.807, 2.05) is 31.2 Å². The van der Waals surface area contributed by atoms with E-state index in [4.69, 9.17) is 16.3 Å². The van der Waals surface area contributed by atoms with Gasteiger partial charge in [-0.25, -0.2) is 0 Å². The van der Waals surface area contributed by atoms with Crippen molar-refractivity contribution in [2.45, 2.75) is 13.3 Å². The van der Waals surface area contributed by atoms with Crippen molar-refractivity contribution in [3.63, 3.8) is 0 Å². The molecule has 0 saturated carbocycles. The summed E-state index contributed by atoms with van der Waals surface area (Å²) >= 11 is 7.28. The number of ketones is 1. The Morgan fingerprint density at radius 1 is 1.33 bits per heavy atom. The molecule has 0 aliphatic carbocycles. The number of carbonyl (C=O) groups is 1. The Kier molecular flexibility index (Phi) is 4.04. The fourth-order valence-corrected chi connectivity index (χ4v) is 2.82. The maximum absolute atomic E-state index is 12.2. The van der Waals surface area contributed by atoms with Gasteiger partial charge < -0.3 is 4.74 Å². The van der Waals surface area contributed by atoms with Crippen molar-refractivity contribution < 1.29 is 9.53 Å². The van der Waals surface area contributed by atoms with Gasteiger partial charge in [0.25, 0.3) is 0 Å². The zero-order valence-electron chi connectivity index (χ0n) is 10.2. The Labute approximate surface area is 115 Å². The molecule has 0 spiro atoms. The monoisotopic (exact) mass is 280 g/mol. The number of halogens is 1. The zero-order valence-corrected chi connectivity index (χ0v) is 11.8. The van der Waals surface area contributed by atoms with Gasteiger partial charge in [0, 0.05) is 11.3 Å². The van der Waals surface area contributed by atoms with Gasteiger partial charge in [-0.3, -0.25) is 4.79 Å². The molecule has 1 heterocycles. The quantitative estimate of drug-likeness (QED) is 0.787. The van der Waals surface area contributed by atoms with Gasteiger partial charge in [-0.2, -0.15) is 0 Å². The number of thiophene rings is 1. The van der Waals surface area contributed by atoms with Crippen LogP contribution in [0.1, 0.15) is 20.8 Å². The lowest BCUT2D eigenvalue weighted by Gasteiger charge is -2.07. The predicted molar refractivity (Wildman–Crippen MR) is 75.1 cm³/mol. The highest BCUT2D eigenvalue weighted by atomic mass is 35.5. The van der Waals surface area contributed by atoms with Gasteiger partial charge in [0.05, 0.1) is 17.0 Å². The Balaban J connectivity index is 2.23. The van der Waals surface area contributed by atoms with Crippen molar-refractivity contribution in [2.24, 2.45) is 0 Å². The lowest BCUT2D eigenvalue weighted by atomic mass is 10.0. The van der Waals surface area contributed by atoms with E-state index < -0.39 is 0 Å². The fourth-order valence-electron chi connectivity index (χ4n) is 1.73. The number of carbonyl (C=O) groups excluding carboxylic acids is 1. The third-order valence-electron chi connectivity index (χ3n) is 2.62. The van der Waals surface area contributed by atoms with Gasteiger partial charge in [-0.15, -0.1) is 11.3 Å². The molecule has 0 N–H and O–H groups in total. The molecule has 0 atom stereocenters. The SMILES string of the molecule is COc1cc(C)ccc1C(=O)Cc1ccc(Cl)s1. The Morgan fingerprint density at radius 3 is 2.72 bits per heavy atom. The van der Waals surface area contributed by atoms with Gasteiger partial charge in [-0.05, 0) is 36.8 Å². The molecule has 0 saturated heterocycles. The Bertz CT molecular complexity index is 575. The average Bonchev–Trinajstić information content (AvgIpc) is 2.74. The van der Waals surface area contributed by atoms with Crippen LogP contribution in [0.2, 0.25) is 4.34 Å². The minimum Gasteiger partial charge on any atom is -0.496 e. The Morgan fingerprint density at radius 2 is 2.11 bits per heavy atom. The molecule has 4 heteroatoms. The first-order valence-electron chi connectivity index (χ1n) is 5.52. The minimum absolute atomic E-state index is 0.0466. The van der Waals surface area contributed by atoms with E-state index >= 15 is 0 Å². The second-order valence-electron chi connectivity index (χ2n) is 4.01. The number of hydrogen-bond acceptors (Lipinski definition) is 3. The van der Waals surface area contributed by atoms with Gasteiger partial charge in [0.15, 0.2) is 5.78 Å². The molecule has 0 unspecified atom stereocenters.